The molecule has 1 amide bonds. The molecule has 0 spiro atoms. The van der Waals surface area contributed by atoms with E-state index in [1.54, 1.807) is 11.3 Å². The van der Waals surface area contributed by atoms with Crippen LogP contribution in [0.2, 0.25) is 5.02 Å². The van der Waals surface area contributed by atoms with Crippen LogP contribution in [0.5, 0.6) is 0 Å². The molecule has 0 unspecified atom stereocenters. The van der Waals surface area contributed by atoms with Gasteiger partial charge in [-0.2, -0.15) is 0 Å². The molecule has 3 aromatic rings. The van der Waals surface area contributed by atoms with Crippen LogP contribution in [0.3, 0.4) is 0 Å². The number of benzene rings is 1. The predicted octanol–water partition coefficient (Wildman–Crippen LogP) is 5.11. The van der Waals surface area contributed by atoms with Gasteiger partial charge in [0, 0.05) is 15.0 Å². The van der Waals surface area contributed by atoms with E-state index in [0.29, 0.717) is 9.90 Å². The average molecular weight is 322 g/mol. The van der Waals surface area contributed by atoms with Crippen molar-refractivity contribution < 1.29 is 4.79 Å². The largest absolute Gasteiger partial charge is 0.344 e. The molecule has 0 saturated heterocycles. The van der Waals surface area contributed by atoms with Crippen molar-refractivity contribution in [2.45, 2.75) is 13.0 Å². The highest BCUT2D eigenvalue weighted by atomic mass is 35.5. The fraction of sp³-hybridized carbons (Fsp3) is 0.133. The van der Waals surface area contributed by atoms with Crippen LogP contribution in [-0.4, -0.2) is 5.91 Å². The minimum atomic E-state index is -0.114. The van der Waals surface area contributed by atoms with Crippen LogP contribution in [0.4, 0.5) is 0 Å². The van der Waals surface area contributed by atoms with Crippen molar-refractivity contribution >= 4 is 50.3 Å². The molecule has 0 aliphatic carbocycles. The Hall–Kier alpha value is -1.36. The maximum absolute atomic E-state index is 12.4. The van der Waals surface area contributed by atoms with Gasteiger partial charge in [-0.1, -0.05) is 35.9 Å². The Morgan fingerprint density at radius 1 is 1.25 bits per heavy atom. The topological polar surface area (TPSA) is 29.1 Å². The second kappa shape index (κ2) is 5.56. The summed E-state index contributed by atoms with van der Waals surface area (Å²) in [5.41, 5.74) is 0. The Morgan fingerprint density at radius 3 is 2.75 bits per heavy atom. The zero-order valence-electron chi connectivity index (χ0n) is 10.7. The lowest BCUT2D eigenvalue weighted by Crippen LogP contribution is -2.25. The van der Waals surface area contributed by atoms with Crippen LogP contribution in [0.15, 0.2) is 41.8 Å². The van der Waals surface area contributed by atoms with Gasteiger partial charge in [0.05, 0.1) is 11.1 Å². The molecule has 102 valence electrons. The molecule has 0 bridgehead atoms. The molecule has 0 saturated carbocycles. The van der Waals surface area contributed by atoms with Gasteiger partial charge in [-0.25, -0.2) is 0 Å². The third-order valence-electron chi connectivity index (χ3n) is 3.06. The predicted molar refractivity (Wildman–Crippen MR) is 87.0 cm³/mol. The summed E-state index contributed by atoms with van der Waals surface area (Å²) in [6, 6.07) is 11.8. The van der Waals surface area contributed by atoms with Crippen LogP contribution >= 0.6 is 34.3 Å². The van der Waals surface area contributed by atoms with Crippen molar-refractivity contribution in [1.82, 2.24) is 5.32 Å². The Morgan fingerprint density at radius 2 is 2.05 bits per heavy atom. The highest BCUT2D eigenvalue weighted by molar-refractivity contribution is 7.21. The third kappa shape index (κ3) is 2.46. The fourth-order valence-electron chi connectivity index (χ4n) is 2.03. The highest BCUT2D eigenvalue weighted by Crippen LogP contribution is 2.35. The Kier molecular flexibility index (Phi) is 3.78. The first-order chi connectivity index (χ1) is 9.66. The average Bonchev–Trinajstić information content (AvgIpc) is 3.07. The van der Waals surface area contributed by atoms with Gasteiger partial charge >= 0.3 is 0 Å². The molecule has 0 aliphatic heterocycles. The van der Waals surface area contributed by atoms with Crippen LogP contribution in [0.25, 0.3) is 10.1 Å². The number of carbonyl (C=O) groups excluding carboxylic acids is 1. The van der Waals surface area contributed by atoms with Gasteiger partial charge in [-0.3, -0.25) is 4.79 Å². The Balaban J connectivity index is 1.87. The van der Waals surface area contributed by atoms with E-state index in [2.05, 4.69) is 5.32 Å². The van der Waals surface area contributed by atoms with Gasteiger partial charge < -0.3 is 5.32 Å². The number of amides is 1. The highest BCUT2D eigenvalue weighted by Gasteiger charge is 2.19. The molecule has 2 aromatic heterocycles. The van der Waals surface area contributed by atoms with Crippen molar-refractivity contribution in [2.75, 3.05) is 0 Å². The first kappa shape index (κ1) is 13.6. The smallest absolute Gasteiger partial charge is 0.263 e. The van der Waals surface area contributed by atoms with Gasteiger partial charge in [-0.05, 0) is 24.4 Å². The normalized spacial score (nSPS) is 12.5. The number of halogens is 1. The summed E-state index contributed by atoms with van der Waals surface area (Å²) in [4.78, 5) is 14.1. The Labute approximate surface area is 130 Å². The first-order valence-corrected chi connectivity index (χ1v) is 8.25. The molecule has 2 heterocycles. The van der Waals surface area contributed by atoms with Crippen molar-refractivity contribution in [1.29, 1.82) is 0 Å². The summed E-state index contributed by atoms with van der Waals surface area (Å²) >= 11 is 9.38. The minimum Gasteiger partial charge on any atom is -0.344 e. The zero-order valence-corrected chi connectivity index (χ0v) is 13.1. The molecule has 0 fully saturated rings. The number of hydrogen-bond donors (Lipinski definition) is 1. The lowest BCUT2D eigenvalue weighted by molar-refractivity contribution is 0.0945. The maximum atomic E-state index is 12.4. The number of fused-ring (bicyclic) bond motifs is 1. The molecular formula is C15H12ClNOS2. The second-order valence-corrected chi connectivity index (χ2v) is 6.86. The molecule has 0 aliphatic rings. The quantitative estimate of drug-likeness (QED) is 0.713. The summed E-state index contributed by atoms with van der Waals surface area (Å²) in [6.45, 7) is 1.98. The molecule has 3 rings (SSSR count). The molecule has 1 N–H and O–H groups in total. The molecule has 2 nitrogen and oxygen atoms in total. The molecule has 0 radical (unpaired) electrons. The SMILES string of the molecule is C[C@H](NC(=O)c1sc2ccccc2c1Cl)c1cccs1. The van der Waals surface area contributed by atoms with Crippen LogP contribution < -0.4 is 5.32 Å². The molecule has 5 heteroatoms. The van der Waals surface area contributed by atoms with E-state index in [1.807, 2.05) is 48.7 Å². The van der Waals surface area contributed by atoms with Crippen molar-refractivity contribution in [2.24, 2.45) is 0 Å². The van der Waals surface area contributed by atoms with Crippen molar-refractivity contribution in [3.63, 3.8) is 0 Å². The summed E-state index contributed by atoms with van der Waals surface area (Å²) in [6.07, 6.45) is 0. The maximum Gasteiger partial charge on any atom is 0.263 e. The number of thiophene rings is 2. The molecule has 1 aromatic carbocycles. The number of rotatable bonds is 3. The van der Waals surface area contributed by atoms with E-state index in [0.717, 1.165) is 15.0 Å². The van der Waals surface area contributed by atoms with Crippen molar-refractivity contribution in [3.05, 3.63) is 56.6 Å². The summed E-state index contributed by atoms with van der Waals surface area (Å²) in [5, 5.41) is 6.48. The number of carbonyl (C=O) groups is 1. The number of hydrogen-bond acceptors (Lipinski definition) is 3. The molecule has 1 atom stereocenters. The minimum absolute atomic E-state index is 0.0104. The lowest BCUT2D eigenvalue weighted by Gasteiger charge is -2.11. The second-order valence-electron chi connectivity index (χ2n) is 4.45. The van der Waals surface area contributed by atoms with E-state index >= 15 is 0 Å². The van der Waals surface area contributed by atoms with E-state index in [1.165, 1.54) is 11.3 Å². The summed E-state index contributed by atoms with van der Waals surface area (Å²) in [5.74, 6) is -0.114. The van der Waals surface area contributed by atoms with E-state index in [-0.39, 0.29) is 11.9 Å². The third-order valence-corrected chi connectivity index (χ3v) is 5.79. The van der Waals surface area contributed by atoms with Gasteiger partial charge in [-0.15, -0.1) is 22.7 Å². The van der Waals surface area contributed by atoms with Gasteiger partial charge in [0.15, 0.2) is 0 Å². The van der Waals surface area contributed by atoms with E-state index in [4.69, 9.17) is 11.6 Å². The Bertz CT molecular complexity index is 748. The van der Waals surface area contributed by atoms with Crippen LogP contribution in [0, 0.1) is 0 Å². The van der Waals surface area contributed by atoms with Crippen LogP contribution in [0.1, 0.15) is 27.5 Å². The van der Waals surface area contributed by atoms with Gasteiger partial charge in [0.1, 0.15) is 4.88 Å². The number of nitrogens with one attached hydrogen (secondary N) is 1. The van der Waals surface area contributed by atoms with Gasteiger partial charge in [0.2, 0.25) is 0 Å². The fourth-order valence-corrected chi connectivity index (χ4v) is 4.19. The van der Waals surface area contributed by atoms with E-state index in [9.17, 15) is 4.79 Å². The zero-order chi connectivity index (χ0) is 14.1. The summed E-state index contributed by atoms with van der Waals surface area (Å²) in [7, 11) is 0. The molecular weight excluding hydrogens is 310 g/mol. The monoisotopic (exact) mass is 321 g/mol. The van der Waals surface area contributed by atoms with Crippen LogP contribution in [-0.2, 0) is 0 Å². The van der Waals surface area contributed by atoms with Gasteiger partial charge in [0.25, 0.3) is 5.91 Å². The lowest BCUT2D eigenvalue weighted by atomic mass is 10.2. The first-order valence-electron chi connectivity index (χ1n) is 6.18. The molecule has 20 heavy (non-hydrogen) atoms. The standard InChI is InChI=1S/C15H12ClNOS2/c1-9(11-7-4-8-19-11)17-15(18)14-13(16)10-5-2-3-6-12(10)20-14/h2-9H,1H3,(H,17,18)/t9-/m0/s1. The summed E-state index contributed by atoms with van der Waals surface area (Å²) < 4.78 is 1.03. The van der Waals surface area contributed by atoms with E-state index < -0.39 is 0 Å². The van der Waals surface area contributed by atoms with Crippen molar-refractivity contribution in [3.8, 4) is 0 Å².